The summed E-state index contributed by atoms with van der Waals surface area (Å²) >= 11 is 0. The van der Waals surface area contributed by atoms with Crippen LogP contribution in [0.25, 0.3) is 21.8 Å². The van der Waals surface area contributed by atoms with Crippen molar-refractivity contribution in [3.63, 3.8) is 0 Å². The van der Waals surface area contributed by atoms with Crippen molar-refractivity contribution >= 4 is 86.8 Å². The maximum atomic E-state index is 15.1. The average Bonchev–Trinajstić information content (AvgIpc) is 1.82. The van der Waals surface area contributed by atoms with Crippen LogP contribution in [0, 0.1) is 5.92 Å². The number of phenolic OH excluding ortho intramolecular Hbond substituents is 1. The smallest absolute Gasteiger partial charge is 0.245 e. The average molecular weight is 1280 g/mol. The molecule has 3 aromatic carbocycles. The molecule has 0 unspecified atom stereocenters. The van der Waals surface area contributed by atoms with Gasteiger partial charge in [-0.1, -0.05) is 62.4 Å². The van der Waals surface area contributed by atoms with Gasteiger partial charge in [0.25, 0.3) is 0 Å². The van der Waals surface area contributed by atoms with E-state index in [0.29, 0.717) is 63.6 Å². The Kier molecular flexibility index (Phi) is 24.1. The lowest BCUT2D eigenvalue weighted by Crippen LogP contribution is -2.61. The third-order valence-corrected chi connectivity index (χ3v) is 16.3. The molecule has 2 saturated heterocycles. The molecule has 29 heteroatoms. The van der Waals surface area contributed by atoms with E-state index in [-0.39, 0.29) is 100 Å². The zero-order valence-corrected chi connectivity index (χ0v) is 52.1. The minimum absolute atomic E-state index is 0.0647. The molecule has 0 saturated carbocycles. The number of nitrogens with zero attached hydrogens (tertiary/aromatic N) is 3. The predicted octanol–water partition coefficient (Wildman–Crippen LogP) is -0.760. The Labute approximate surface area is 536 Å². The molecule has 2 aliphatic rings. The lowest BCUT2D eigenvalue weighted by atomic mass is 9.99. The Morgan fingerprint density at radius 3 is 1.73 bits per heavy atom. The Morgan fingerprint density at radius 2 is 1.19 bits per heavy atom. The van der Waals surface area contributed by atoms with Crippen LogP contribution in [0.5, 0.6) is 5.75 Å². The summed E-state index contributed by atoms with van der Waals surface area (Å²) in [6.07, 6.45) is 7.10. The van der Waals surface area contributed by atoms with Crippen molar-refractivity contribution in [1.82, 2.24) is 72.7 Å². The molecule has 8 rings (SSSR count). The fraction of sp³-hybridized carbons (Fsp3) is 0.438. The first-order valence-corrected chi connectivity index (χ1v) is 31.2. The molecule has 2 fully saturated rings. The van der Waals surface area contributed by atoms with E-state index in [1.807, 2.05) is 38.1 Å². The van der Waals surface area contributed by atoms with Crippen LogP contribution in [0.1, 0.15) is 88.1 Å². The van der Waals surface area contributed by atoms with Crippen molar-refractivity contribution < 1.29 is 58.2 Å². The van der Waals surface area contributed by atoms with E-state index in [4.69, 9.17) is 11.5 Å². The maximum absolute atomic E-state index is 15.1. The fourth-order valence-electron chi connectivity index (χ4n) is 11.5. The largest absolute Gasteiger partial charge is 0.508 e. The summed E-state index contributed by atoms with van der Waals surface area (Å²) in [5.41, 5.74) is 14.6. The van der Waals surface area contributed by atoms with Crippen molar-refractivity contribution in [2.24, 2.45) is 22.4 Å². The summed E-state index contributed by atoms with van der Waals surface area (Å²) in [6, 6.07) is 8.42. The number of aliphatic imine (C=N–C) groups is 1. The number of aromatic hydroxyl groups is 1. The standard InChI is InChI=1S/C64H83N17O12/c1-4-68-62(92)53-16-10-24-81(53)63(93)46(15-9-23-69-64(65)66)74-56(86)47(25-35(2)3)75-58(88)49(27-37-30-70-43-13-7-5-11-41(37)43)77-57(87)48(26-36-17-19-40(83)20-18-36)76-61(91)52(33-82)80-59(89)50(28-38-31-71-44-14-8-6-12-42(38)44)78-60(90)51(29-39-32-67-34-72-39)79-55(85)45-21-22-54(84)73-45/h5-8,11-14,17-20,30-32,34-35,45-53,70-71,82-83H,4,9-10,15-16,21-29,33H2,1-3H3,(H,67,72)(H,68,92)(H,73,84)(H,74,86)(H,75,88)(H,76,91)(H,77,87)(H,78,90)(H,79,85)(H,80,89)(H4,65,66,69)/t45-,46-,47-,48-,49+,50+,51-,52-,53-/m0/s1. The van der Waals surface area contributed by atoms with E-state index in [9.17, 15) is 48.6 Å². The van der Waals surface area contributed by atoms with Crippen molar-refractivity contribution in [3.8, 4) is 5.75 Å². The summed E-state index contributed by atoms with van der Waals surface area (Å²) < 4.78 is 0. The number of aliphatic hydroxyl groups is 1. The minimum atomic E-state index is -1.78. The van der Waals surface area contributed by atoms with Gasteiger partial charge in [-0.3, -0.25) is 52.9 Å². The number of likely N-dealkylation sites (N-methyl/N-ethyl adjacent to an activating group) is 1. The maximum Gasteiger partial charge on any atom is 0.245 e. The van der Waals surface area contributed by atoms with Crippen molar-refractivity contribution in [2.45, 2.75) is 146 Å². The zero-order valence-electron chi connectivity index (χ0n) is 52.1. The monoisotopic (exact) mass is 1280 g/mol. The number of para-hydroxylation sites is 2. The second-order valence-electron chi connectivity index (χ2n) is 23.7. The van der Waals surface area contributed by atoms with Gasteiger partial charge in [0.1, 0.15) is 60.1 Å². The van der Waals surface area contributed by atoms with Crippen molar-refractivity contribution in [3.05, 3.63) is 120 Å². The number of H-pyrrole nitrogens is 3. The first kappa shape index (κ1) is 68.6. The number of carbonyl (C=O) groups excluding carboxylic acids is 10. The van der Waals surface area contributed by atoms with Gasteiger partial charge in [-0.25, -0.2) is 4.98 Å². The quantitative estimate of drug-likeness (QED) is 0.0140. The van der Waals surface area contributed by atoms with Gasteiger partial charge in [0.05, 0.1) is 12.9 Å². The Bertz CT molecular complexity index is 3640. The zero-order chi connectivity index (χ0) is 66.7. The topological polar surface area (TPSA) is 447 Å². The Morgan fingerprint density at radius 1 is 0.656 bits per heavy atom. The number of likely N-dealkylation sites (tertiary alicyclic amines) is 1. The molecule has 496 valence electrons. The number of hydrogen-bond donors (Lipinski definition) is 16. The molecule has 0 bridgehead atoms. The number of guanidine groups is 1. The molecule has 10 amide bonds. The number of aromatic nitrogens is 4. The summed E-state index contributed by atoms with van der Waals surface area (Å²) in [4.78, 5) is 160. The van der Waals surface area contributed by atoms with Crippen LogP contribution in [-0.4, -0.2) is 181 Å². The summed E-state index contributed by atoms with van der Waals surface area (Å²) in [7, 11) is 0. The van der Waals surface area contributed by atoms with Crippen LogP contribution in [0.3, 0.4) is 0 Å². The first-order chi connectivity index (χ1) is 44.7. The van der Waals surface area contributed by atoms with Gasteiger partial charge in [0.2, 0.25) is 59.1 Å². The molecule has 0 radical (unpaired) electrons. The molecule has 3 aromatic heterocycles. The number of aromatic amines is 3. The lowest BCUT2D eigenvalue weighted by Gasteiger charge is -2.30. The number of fused-ring (bicyclic) bond motifs is 2. The van der Waals surface area contributed by atoms with Gasteiger partial charge in [-0.2, -0.15) is 0 Å². The molecule has 2 aliphatic heterocycles. The van der Waals surface area contributed by atoms with Gasteiger partial charge in [-0.15, -0.1) is 0 Å². The van der Waals surface area contributed by atoms with Gasteiger partial charge in [-0.05, 0) is 92.3 Å². The van der Waals surface area contributed by atoms with Crippen molar-refractivity contribution in [1.29, 1.82) is 0 Å². The molecule has 0 aliphatic carbocycles. The minimum Gasteiger partial charge on any atom is -0.508 e. The molecule has 29 nitrogen and oxygen atoms in total. The molecular weight excluding hydrogens is 1200 g/mol. The van der Waals surface area contributed by atoms with Gasteiger partial charge < -0.3 is 89.4 Å². The van der Waals surface area contributed by atoms with E-state index in [1.54, 1.807) is 43.6 Å². The van der Waals surface area contributed by atoms with Crippen LogP contribution in [0.15, 0.2) is 103 Å². The van der Waals surface area contributed by atoms with Crippen LogP contribution < -0.4 is 59.3 Å². The fourth-order valence-corrected chi connectivity index (χ4v) is 11.5. The summed E-state index contributed by atoms with van der Waals surface area (Å²) in [5, 5.41) is 47.0. The molecule has 93 heavy (non-hydrogen) atoms. The molecule has 9 atom stereocenters. The number of carbonyl (C=O) groups is 10. The highest BCUT2D eigenvalue weighted by Crippen LogP contribution is 2.24. The third-order valence-electron chi connectivity index (χ3n) is 16.3. The first-order valence-electron chi connectivity index (χ1n) is 31.2. The summed E-state index contributed by atoms with van der Waals surface area (Å²) in [5.74, 6) is -7.58. The Hall–Kier alpha value is -10.3. The molecule has 0 spiro atoms. The van der Waals surface area contributed by atoms with Crippen LogP contribution in [0.2, 0.25) is 0 Å². The number of aliphatic hydroxyl groups excluding tert-OH is 1. The number of hydrogen-bond acceptors (Lipinski definition) is 14. The van der Waals surface area contributed by atoms with E-state index >= 15 is 9.59 Å². The molecule has 18 N–H and O–H groups in total. The Balaban J connectivity index is 1.05. The van der Waals surface area contributed by atoms with Crippen LogP contribution >= 0.6 is 0 Å². The number of amides is 10. The number of imidazole rings is 1. The van der Waals surface area contributed by atoms with Gasteiger partial charge in [0.15, 0.2) is 5.96 Å². The highest BCUT2D eigenvalue weighted by atomic mass is 16.3. The molecular formula is C64H83N17O12. The van der Waals surface area contributed by atoms with Gasteiger partial charge >= 0.3 is 0 Å². The van der Waals surface area contributed by atoms with Crippen molar-refractivity contribution in [2.75, 3.05) is 26.2 Å². The summed E-state index contributed by atoms with van der Waals surface area (Å²) in [6.45, 7) is 5.14. The van der Waals surface area contributed by atoms with E-state index in [1.165, 1.54) is 41.7 Å². The normalized spacial score (nSPS) is 16.8. The highest BCUT2D eigenvalue weighted by Gasteiger charge is 2.40. The van der Waals surface area contributed by atoms with E-state index in [2.05, 4.69) is 72.8 Å². The second-order valence-corrected chi connectivity index (χ2v) is 23.7. The number of nitrogens with two attached hydrogens (primary N) is 2. The van der Waals surface area contributed by atoms with Crippen LogP contribution in [0.4, 0.5) is 0 Å². The van der Waals surface area contributed by atoms with E-state index < -0.39 is 108 Å². The van der Waals surface area contributed by atoms with Gasteiger partial charge in [0, 0.05) is 97.8 Å². The number of phenols is 1. The predicted molar refractivity (Wildman–Crippen MR) is 343 cm³/mol. The second kappa shape index (κ2) is 32.6. The van der Waals surface area contributed by atoms with E-state index in [0.717, 1.165) is 0 Å². The van der Waals surface area contributed by atoms with Crippen LogP contribution in [-0.2, 0) is 73.6 Å². The highest BCUT2D eigenvalue weighted by molar-refractivity contribution is 6.00. The number of rotatable bonds is 32. The lowest BCUT2D eigenvalue weighted by molar-refractivity contribution is -0.142. The molecule has 5 heterocycles. The third kappa shape index (κ3) is 18.9. The number of benzene rings is 3. The molecule has 6 aromatic rings. The number of nitrogens with one attached hydrogen (secondary N) is 12. The SMILES string of the molecule is CCNC(=O)[C@@H]1CCCN1C(=O)[C@H](CCCN=C(N)N)NC(=O)[C@H](CC(C)C)NC(=O)[C@@H](Cc1c[nH]c2ccccc12)NC(=O)[C@H](Cc1ccc(O)cc1)NC(=O)[C@H](CO)NC(=O)[C@@H](Cc1c[nH]c2ccccc12)NC(=O)[C@H](Cc1cnc[nH]1)NC(=O)[C@@H]1CCC(=O)N1.